The van der Waals surface area contributed by atoms with Crippen LogP contribution in [-0.2, 0) is 6.54 Å². The van der Waals surface area contributed by atoms with Crippen molar-refractivity contribution in [3.8, 4) is 0 Å². The highest BCUT2D eigenvalue weighted by molar-refractivity contribution is 5.83. The number of hydrogen-bond donors (Lipinski definition) is 2. The molecule has 0 amide bonds. The van der Waals surface area contributed by atoms with Crippen LogP contribution in [0.25, 0.3) is 11.0 Å². The molecule has 0 spiro atoms. The van der Waals surface area contributed by atoms with Crippen molar-refractivity contribution in [1.29, 1.82) is 0 Å². The molecule has 1 aromatic carbocycles. The fourth-order valence-corrected chi connectivity index (χ4v) is 2.36. The van der Waals surface area contributed by atoms with E-state index in [4.69, 9.17) is 4.42 Å². The van der Waals surface area contributed by atoms with E-state index in [1.807, 2.05) is 32.9 Å². The zero-order valence-corrected chi connectivity index (χ0v) is 12.3. The van der Waals surface area contributed by atoms with Crippen LogP contribution in [-0.4, -0.2) is 17.8 Å². The van der Waals surface area contributed by atoms with Gasteiger partial charge in [0.15, 0.2) is 0 Å². The number of nitrogens with two attached hydrogens (primary N) is 1. The van der Waals surface area contributed by atoms with E-state index < -0.39 is 0 Å². The van der Waals surface area contributed by atoms with Crippen LogP contribution in [0.1, 0.15) is 30.0 Å². The zero-order valence-electron chi connectivity index (χ0n) is 12.3. The fourth-order valence-electron chi connectivity index (χ4n) is 2.36. The van der Waals surface area contributed by atoms with Gasteiger partial charge in [-0.2, -0.15) is 0 Å². The van der Waals surface area contributed by atoms with Crippen molar-refractivity contribution in [2.45, 2.75) is 39.8 Å². The molecule has 0 radical (unpaired) electrons. The van der Waals surface area contributed by atoms with E-state index >= 15 is 0 Å². The van der Waals surface area contributed by atoms with Gasteiger partial charge in [0, 0.05) is 17.0 Å². The van der Waals surface area contributed by atoms with Gasteiger partial charge in [-0.1, -0.05) is 19.1 Å². The van der Waals surface area contributed by atoms with Crippen molar-refractivity contribution in [3.63, 3.8) is 0 Å². The van der Waals surface area contributed by atoms with Crippen LogP contribution in [0.4, 0.5) is 0 Å². The van der Waals surface area contributed by atoms with Gasteiger partial charge in [-0.25, -0.2) is 4.79 Å². The number of fused-ring (bicyclic) bond motifs is 1. The highest BCUT2D eigenvalue weighted by atomic mass is 16.4. The molecule has 1 heterocycles. The van der Waals surface area contributed by atoms with Crippen LogP contribution in [0.3, 0.4) is 0 Å². The smallest absolute Gasteiger partial charge is 0.336 e. The normalized spacial score (nSPS) is 12.8. The Balaban J connectivity index is 2.43. The molecular weight excluding hydrogens is 254 g/mol. The average molecular weight is 276 g/mol. The first-order valence-corrected chi connectivity index (χ1v) is 7.04. The van der Waals surface area contributed by atoms with E-state index in [0.717, 1.165) is 28.5 Å². The molecule has 1 aromatic heterocycles. The maximum atomic E-state index is 11.7. The lowest BCUT2D eigenvalue weighted by molar-refractivity contribution is -0.706. The Hall–Kier alpha value is -1.65. The molecule has 2 rings (SSSR count). The van der Waals surface area contributed by atoms with E-state index in [9.17, 15) is 9.90 Å². The summed E-state index contributed by atoms with van der Waals surface area (Å²) in [5.74, 6) is 0. The highest BCUT2D eigenvalue weighted by Gasteiger charge is 2.13. The third-order valence-electron chi connectivity index (χ3n) is 3.95. The van der Waals surface area contributed by atoms with Gasteiger partial charge >= 0.3 is 5.63 Å². The molecule has 0 aliphatic rings. The third kappa shape index (κ3) is 2.92. The molecule has 0 aliphatic heterocycles. The maximum absolute atomic E-state index is 11.7. The van der Waals surface area contributed by atoms with Crippen LogP contribution in [0.2, 0.25) is 0 Å². The Bertz CT molecular complexity index is 657. The molecule has 0 saturated carbocycles. The molecule has 0 fully saturated rings. The van der Waals surface area contributed by atoms with Gasteiger partial charge in [0.05, 0.1) is 6.61 Å². The van der Waals surface area contributed by atoms with E-state index in [0.29, 0.717) is 12.1 Å². The Labute approximate surface area is 118 Å². The molecule has 108 valence electrons. The van der Waals surface area contributed by atoms with E-state index in [2.05, 4.69) is 5.32 Å². The first-order valence-electron chi connectivity index (χ1n) is 7.04. The number of rotatable bonds is 5. The SMILES string of the molecule is CC[C@H](CO)[NH2+]Cc1cc(=O)oc2c(C)c(C)ccc12. The van der Waals surface area contributed by atoms with Crippen LogP contribution >= 0.6 is 0 Å². The van der Waals surface area contributed by atoms with E-state index in [-0.39, 0.29) is 18.3 Å². The van der Waals surface area contributed by atoms with Crippen molar-refractivity contribution >= 4 is 11.0 Å². The molecule has 4 nitrogen and oxygen atoms in total. The first kappa shape index (κ1) is 14.8. The predicted octanol–water partition coefficient (Wildman–Crippen LogP) is 1.24. The molecule has 20 heavy (non-hydrogen) atoms. The zero-order chi connectivity index (χ0) is 14.7. The van der Waals surface area contributed by atoms with Gasteiger partial charge in [-0.05, 0) is 31.4 Å². The monoisotopic (exact) mass is 276 g/mol. The standard InChI is InChI=1S/C16H21NO3/c1-4-13(9-18)17-8-12-7-15(19)20-16-11(3)10(2)5-6-14(12)16/h5-7,13,17-18H,4,8-9H2,1-3H3/p+1/t13-/m1/s1. The minimum Gasteiger partial charge on any atom is -0.422 e. The Kier molecular flexibility index (Phi) is 4.57. The minimum atomic E-state index is -0.313. The van der Waals surface area contributed by atoms with Crippen molar-refractivity contribution in [2.24, 2.45) is 0 Å². The molecule has 3 N–H and O–H groups in total. The van der Waals surface area contributed by atoms with Gasteiger partial charge in [0.1, 0.15) is 18.2 Å². The molecular formula is C16H22NO3+. The fraction of sp³-hybridized carbons (Fsp3) is 0.438. The van der Waals surface area contributed by atoms with E-state index in [1.54, 1.807) is 6.07 Å². The highest BCUT2D eigenvalue weighted by Crippen LogP contribution is 2.22. The molecule has 4 heteroatoms. The summed E-state index contributed by atoms with van der Waals surface area (Å²) in [7, 11) is 0. The summed E-state index contributed by atoms with van der Waals surface area (Å²) in [6.45, 7) is 6.84. The second-order valence-electron chi connectivity index (χ2n) is 5.27. The maximum Gasteiger partial charge on any atom is 0.336 e. The lowest BCUT2D eigenvalue weighted by Gasteiger charge is -2.12. The van der Waals surface area contributed by atoms with Crippen molar-refractivity contribution in [2.75, 3.05) is 6.61 Å². The summed E-state index contributed by atoms with van der Waals surface area (Å²) in [5, 5.41) is 12.3. The quantitative estimate of drug-likeness (QED) is 0.808. The van der Waals surface area contributed by atoms with Crippen LogP contribution in [0.5, 0.6) is 0 Å². The average Bonchev–Trinajstić information content (AvgIpc) is 2.44. The summed E-state index contributed by atoms with van der Waals surface area (Å²) in [4.78, 5) is 11.7. The van der Waals surface area contributed by atoms with Crippen LogP contribution in [0.15, 0.2) is 27.4 Å². The number of quaternary nitrogens is 1. The molecule has 0 bridgehead atoms. The second-order valence-corrected chi connectivity index (χ2v) is 5.27. The number of hydrogen-bond acceptors (Lipinski definition) is 3. The van der Waals surface area contributed by atoms with Gasteiger partial charge in [0.2, 0.25) is 0 Å². The Morgan fingerprint density at radius 2 is 2.10 bits per heavy atom. The summed E-state index contributed by atoms with van der Waals surface area (Å²) >= 11 is 0. The van der Waals surface area contributed by atoms with Gasteiger partial charge in [-0.15, -0.1) is 0 Å². The van der Waals surface area contributed by atoms with E-state index in [1.165, 1.54) is 0 Å². The second kappa shape index (κ2) is 6.20. The number of aryl methyl sites for hydroxylation is 2. The summed E-state index contributed by atoms with van der Waals surface area (Å²) in [6.07, 6.45) is 0.897. The molecule has 0 aliphatic carbocycles. The lowest BCUT2D eigenvalue weighted by Crippen LogP contribution is -2.89. The topological polar surface area (TPSA) is 67.1 Å². The van der Waals surface area contributed by atoms with Crippen LogP contribution < -0.4 is 10.9 Å². The van der Waals surface area contributed by atoms with Crippen molar-refractivity contribution in [3.05, 3.63) is 45.3 Å². The van der Waals surface area contributed by atoms with Gasteiger partial charge in [0.25, 0.3) is 0 Å². The molecule has 0 saturated heterocycles. The molecule has 2 aromatic rings. The number of aliphatic hydroxyl groups is 1. The minimum absolute atomic E-state index is 0.147. The van der Waals surface area contributed by atoms with Gasteiger partial charge in [-0.3, -0.25) is 0 Å². The number of aliphatic hydroxyl groups excluding tert-OH is 1. The third-order valence-corrected chi connectivity index (χ3v) is 3.95. The van der Waals surface area contributed by atoms with Crippen molar-refractivity contribution < 1.29 is 14.8 Å². The first-order chi connectivity index (χ1) is 9.56. The predicted molar refractivity (Wildman–Crippen MR) is 78.8 cm³/mol. The summed E-state index contributed by atoms with van der Waals surface area (Å²) in [6, 6.07) is 5.77. The Morgan fingerprint density at radius 3 is 2.75 bits per heavy atom. The Morgan fingerprint density at radius 1 is 1.35 bits per heavy atom. The largest absolute Gasteiger partial charge is 0.422 e. The molecule has 0 unspecified atom stereocenters. The molecule has 1 atom stereocenters. The van der Waals surface area contributed by atoms with Gasteiger partial charge < -0.3 is 14.8 Å². The number of benzene rings is 1. The van der Waals surface area contributed by atoms with Crippen LogP contribution in [0, 0.1) is 13.8 Å². The lowest BCUT2D eigenvalue weighted by atomic mass is 10.0. The van der Waals surface area contributed by atoms with Crippen molar-refractivity contribution in [1.82, 2.24) is 0 Å². The summed E-state index contributed by atoms with van der Waals surface area (Å²) in [5.41, 5.74) is 3.45. The summed E-state index contributed by atoms with van der Waals surface area (Å²) < 4.78 is 5.35.